The summed E-state index contributed by atoms with van der Waals surface area (Å²) in [5.74, 6) is -1.15. The summed E-state index contributed by atoms with van der Waals surface area (Å²) in [5, 5.41) is 0. The molecule has 0 heterocycles. The lowest BCUT2D eigenvalue weighted by atomic mass is 10.3. The third-order valence-electron chi connectivity index (χ3n) is 1.52. The van der Waals surface area contributed by atoms with Crippen molar-refractivity contribution in [1.82, 2.24) is 0 Å². The van der Waals surface area contributed by atoms with E-state index in [2.05, 4.69) is 4.18 Å². The molecule has 4 nitrogen and oxygen atoms in total. The van der Waals surface area contributed by atoms with Gasteiger partial charge in [-0.15, -0.1) is 0 Å². The van der Waals surface area contributed by atoms with Crippen molar-refractivity contribution in [1.29, 1.82) is 0 Å². The van der Waals surface area contributed by atoms with Gasteiger partial charge in [-0.05, 0) is 25.5 Å². The number of rotatable bonds is 4. The molecule has 0 unspecified atom stereocenters. The molecule has 1 aromatic rings. The first kappa shape index (κ1) is 13.2. The molecule has 0 aliphatic heterocycles. The lowest BCUT2D eigenvalue weighted by molar-refractivity contribution is 0.465. The quantitative estimate of drug-likeness (QED) is 0.618. The average molecular weight is 266 g/mol. The minimum absolute atomic E-state index is 0.379. The Morgan fingerprint density at radius 3 is 2.38 bits per heavy atom. The fourth-order valence-electron chi connectivity index (χ4n) is 1.06. The number of para-hydroxylation sites is 1. The highest BCUT2D eigenvalue weighted by molar-refractivity contribution is 7.95. The van der Waals surface area contributed by atoms with Gasteiger partial charge < -0.3 is 8.75 Å². The Kier molecular flexibility index (Phi) is 3.76. The first-order valence-electron chi connectivity index (χ1n) is 4.40. The van der Waals surface area contributed by atoms with Crippen LogP contribution in [0.3, 0.4) is 0 Å². The molecule has 0 amide bonds. The van der Waals surface area contributed by atoms with Gasteiger partial charge in [0.05, 0.1) is 7.14 Å². The van der Waals surface area contributed by atoms with Gasteiger partial charge in [-0.2, -0.15) is 8.42 Å². The summed E-state index contributed by atoms with van der Waals surface area (Å²) in [6.45, 7) is 2.66. The van der Waals surface area contributed by atoms with Gasteiger partial charge in [0.2, 0.25) is 0 Å². The molecule has 1 aromatic carbocycles. The van der Waals surface area contributed by atoms with Gasteiger partial charge in [0, 0.05) is 0 Å². The molecule has 0 bridgehead atoms. The van der Waals surface area contributed by atoms with E-state index in [9.17, 15) is 17.4 Å². The molecule has 16 heavy (non-hydrogen) atoms. The highest BCUT2D eigenvalue weighted by Gasteiger charge is 2.23. The molecule has 90 valence electrons. The van der Waals surface area contributed by atoms with Crippen molar-refractivity contribution in [2.24, 2.45) is 0 Å². The monoisotopic (exact) mass is 266 g/mol. The van der Waals surface area contributed by atoms with E-state index in [1.165, 1.54) is 31.5 Å². The van der Waals surface area contributed by atoms with Crippen LogP contribution in [0.5, 0.6) is 5.75 Å². The van der Waals surface area contributed by atoms with Crippen molar-refractivity contribution in [3.05, 3.63) is 30.1 Å². The summed E-state index contributed by atoms with van der Waals surface area (Å²) in [6, 6.07) is 5.15. The summed E-state index contributed by atoms with van der Waals surface area (Å²) in [6.07, 6.45) is 0. The predicted octanol–water partition coefficient (Wildman–Crippen LogP) is 2.11. The fraction of sp³-hybridized carbons (Fsp3) is 0.333. The summed E-state index contributed by atoms with van der Waals surface area (Å²) < 4.78 is 51.8. The predicted molar refractivity (Wildman–Crippen MR) is 60.3 cm³/mol. The van der Waals surface area contributed by atoms with E-state index in [1.54, 1.807) is 0 Å². The summed E-state index contributed by atoms with van der Waals surface area (Å²) in [7, 11) is -6.79. The van der Waals surface area contributed by atoms with Crippen molar-refractivity contribution in [3.8, 4) is 5.75 Å². The zero-order valence-electron chi connectivity index (χ0n) is 8.88. The van der Waals surface area contributed by atoms with Crippen LogP contribution in [0, 0.1) is 5.82 Å². The summed E-state index contributed by atoms with van der Waals surface area (Å²) in [5.41, 5.74) is -0.603. The second kappa shape index (κ2) is 4.55. The topological polar surface area (TPSA) is 60.4 Å². The standard InChI is InChI=1S/C9H12FO4PS/c1-15(2,11)7-16(12,13)14-9-6-4-3-5-8(9)10/h3-6H,7H2,1-2H3. The van der Waals surface area contributed by atoms with Crippen molar-refractivity contribution in [3.63, 3.8) is 0 Å². The minimum Gasteiger partial charge on any atom is -0.379 e. The third-order valence-corrected chi connectivity index (χ3v) is 5.71. The molecule has 0 aromatic heterocycles. The highest BCUT2D eigenvalue weighted by atomic mass is 32.2. The largest absolute Gasteiger partial charge is 0.379 e. The summed E-state index contributed by atoms with van der Waals surface area (Å²) in [4.78, 5) is 0. The Bertz CT molecular complexity index is 520. The first-order chi connectivity index (χ1) is 7.20. The maximum Gasteiger partial charge on any atom is 0.316 e. The van der Waals surface area contributed by atoms with E-state index < -0.39 is 28.6 Å². The van der Waals surface area contributed by atoms with E-state index in [0.29, 0.717) is 0 Å². The van der Waals surface area contributed by atoms with E-state index in [4.69, 9.17) is 0 Å². The van der Waals surface area contributed by atoms with Crippen LogP contribution in [0.4, 0.5) is 4.39 Å². The smallest absolute Gasteiger partial charge is 0.316 e. The molecular weight excluding hydrogens is 254 g/mol. The second-order valence-corrected chi connectivity index (χ2v) is 9.24. The fourth-order valence-corrected chi connectivity index (χ4v) is 4.72. The van der Waals surface area contributed by atoms with Crippen LogP contribution in [0.1, 0.15) is 0 Å². The molecule has 0 radical (unpaired) electrons. The third kappa shape index (κ3) is 4.33. The average Bonchev–Trinajstić information content (AvgIpc) is 2.04. The van der Waals surface area contributed by atoms with Gasteiger partial charge >= 0.3 is 10.1 Å². The Hall–Kier alpha value is -0.870. The zero-order chi connectivity index (χ0) is 12.4. The molecular formula is C9H12FO4PS. The zero-order valence-corrected chi connectivity index (χ0v) is 10.6. The van der Waals surface area contributed by atoms with Gasteiger partial charge in [-0.1, -0.05) is 12.1 Å². The second-order valence-electron chi connectivity index (χ2n) is 3.77. The Balaban J connectivity index is 2.90. The van der Waals surface area contributed by atoms with E-state index >= 15 is 0 Å². The SMILES string of the molecule is CP(C)(=O)CS(=O)(=O)Oc1ccccc1F. The highest BCUT2D eigenvalue weighted by Crippen LogP contribution is 2.38. The molecule has 7 heteroatoms. The molecule has 1 rings (SSSR count). The molecule has 0 aliphatic carbocycles. The number of hydrogen-bond donors (Lipinski definition) is 0. The Labute approximate surface area is 93.9 Å². The Morgan fingerprint density at radius 2 is 1.88 bits per heavy atom. The lowest BCUT2D eigenvalue weighted by Crippen LogP contribution is -2.14. The lowest BCUT2D eigenvalue weighted by Gasteiger charge is -2.09. The molecule has 0 N–H and O–H groups in total. The van der Waals surface area contributed by atoms with E-state index in [-0.39, 0.29) is 5.75 Å². The van der Waals surface area contributed by atoms with Crippen LogP contribution in [0.25, 0.3) is 0 Å². The first-order valence-corrected chi connectivity index (χ1v) is 8.77. The molecule has 0 aliphatic rings. The van der Waals surface area contributed by atoms with Crippen LogP contribution in [-0.2, 0) is 14.7 Å². The van der Waals surface area contributed by atoms with Crippen LogP contribution in [-0.4, -0.2) is 27.2 Å². The van der Waals surface area contributed by atoms with Crippen LogP contribution in [0.15, 0.2) is 24.3 Å². The Morgan fingerprint density at radius 1 is 1.31 bits per heavy atom. The van der Waals surface area contributed by atoms with Crippen LogP contribution in [0.2, 0.25) is 0 Å². The number of benzene rings is 1. The van der Waals surface area contributed by atoms with Crippen LogP contribution >= 0.6 is 7.14 Å². The van der Waals surface area contributed by atoms with Crippen molar-refractivity contribution >= 4 is 17.3 Å². The molecule has 0 saturated carbocycles. The maximum atomic E-state index is 13.1. The molecule has 0 fully saturated rings. The number of halogens is 1. The maximum absolute atomic E-state index is 13.1. The normalized spacial score (nSPS) is 12.4. The van der Waals surface area contributed by atoms with Gasteiger partial charge in [-0.3, -0.25) is 0 Å². The van der Waals surface area contributed by atoms with Crippen molar-refractivity contribution in [2.45, 2.75) is 0 Å². The van der Waals surface area contributed by atoms with Gasteiger partial charge in [0.15, 0.2) is 11.6 Å². The van der Waals surface area contributed by atoms with Crippen molar-refractivity contribution < 1.29 is 21.6 Å². The van der Waals surface area contributed by atoms with E-state index in [0.717, 1.165) is 6.07 Å². The number of hydrogen-bond acceptors (Lipinski definition) is 4. The van der Waals surface area contributed by atoms with Crippen LogP contribution < -0.4 is 4.18 Å². The summed E-state index contributed by atoms with van der Waals surface area (Å²) >= 11 is 0. The van der Waals surface area contributed by atoms with Gasteiger partial charge in [-0.25, -0.2) is 4.39 Å². The van der Waals surface area contributed by atoms with E-state index in [1.807, 2.05) is 0 Å². The minimum atomic E-state index is -4.02. The van der Waals surface area contributed by atoms with Gasteiger partial charge in [0.1, 0.15) is 5.49 Å². The molecule has 0 spiro atoms. The van der Waals surface area contributed by atoms with Crippen molar-refractivity contribution in [2.75, 3.05) is 18.8 Å². The van der Waals surface area contributed by atoms with Gasteiger partial charge in [0.25, 0.3) is 0 Å². The molecule has 0 atom stereocenters. The molecule has 0 saturated heterocycles.